The molecule has 0 bridgehead atoms. The van der Waals surface area contributed by atoms with Crippen molar-refractivity contribution in [3.05, 3.63) is 35.4 Å². The van der Waals surface area contributed by atoms with Crippen LogP contribution in [0.4, 0.5) is 8.78 Å². The molecule has 176 valence electrons. The molecule has 0 spiro atoms. The van der Waals surface area contributed by atoms with E-state index in [9.17, 15) is 8.78 Å². The lowest BCUT2D eigenvalue weighted by Gasteiger charge is -2.47. The van der Waals surface area contributed by atoms with Gasteiger partial charge in [0.2, 0.25) is 5.92 Å². The first-order chi connectivity index (χ1) is 14.7. The van der Waals surface area contributed by atoms with Crippen molar-refractivity contribution in [2.75, 3.05) is 32.7 Å². The van der Waals surface area contributed by atoms with Crippen molar-refractivity contribution < 1.29 is 8.78 Å². The monoisotopic (exact) mass is 434 g/mol. The summed E-state index contributed by atoms with van der Waals surface area (Å²) >= 11 is 0. The van der Waals surface area contributed by atoms with Crippen molar-refractivity contribution in [2.45, 2.75) is 96.9 Å². The van der Waals surface area contributed by atoms with Gasteiger partial charge in [0.05, 0.1) is 0 Å². The zero-order valence-corrected chi connectivity index (χ0v) is 20.3. The van der Waals surface area contributed by atoms with Gasteiger partial charge in [0.15, 0.2) is 0 Å². The number of benzene rings is 1. The van der Waals surface area contributed by atoms with Gasteiger partial charge in [0.1, 0.15) is 0 Å². The maximum Gasteiger partial charge on any atom is 0.249 e. The van der Waals surface area contributed by atoms with Crippen molar-refractivity contribution in [3.63, 3.8) is 0 Å². The summed E-state index contributed by atoms with van der Waals surface area (Å²) in [5, 5.41) is 0. The first-order valence-electron chi connectivity index (χ1n) is 12.7. The number of alkyl halides is 2. The SMILES string of the molecule is CCCCC(C)(CC)C(CN1CCN2CCCCC2C1)c1cccc(CC(C)(F)F)c1. The van der Waals surface area contributed by atoms with Crippen LogP contribution >= 0.6 is 0 Å². The highest BCUT2D eigenvalue weighted by Gasteiger charge is 2.37. The van der Waals surface area contributed by atoms with Crippen LogP contribution in [0, 0.1) is 5.41 Å². The highest BCUT2D eigenvalue weighted by molar-refractivity contribution is 5.29. The smallest absolute Gasteiger partial charge is 0.249 e. The topological polar surface area (TPSA) is 6.48 Å². The normalized spacial score (nSPS) is 23.9. The highest BCUT2D eigenvalue weighted by atomic mass is 19.3. The van der Waals surface area contributed by atoms with Gasteiger partial charge in [-0.15, -0.1) is 0 Å². The quantitative estimate of drug-likeness (QED) is 0.402. The van der Waals surface area contributed by atoms with Crippen LogP contribution in [0.2, 0.25) is 0 Å². The summed E-state index contributed by atoms with van der Waals surface area (Å²) in [6, 6.07) is 8.85. The molecule has 2 fully saturated rings. The van der Waals surface area contributed by atoms with Gasteiger partial charge in [-0.2, -0.15) is 0 Å². The second-order valence-corrected chi connectivity index (χ2v) is 10.6. The number of hydrogen-bond acceptors (Lipinski definition) is 2. The van der Waals surface area contributed by atoms with Crippen LogP contribution < -0.4 is 0 Å². The van der Waals surface area contributed by atoms with E-state index in [1.54, 1.807) is 0 Å². The van der Waals surface area contributed by atoms with Gasteiger partial charge < -0.3 is 0 Å². The minimum Gasteiger partial charge on any atom is -0.300 e. The molecule has 2 aliphatic rings. The van der Waals surface area contributed by atoms with Crippen LogP contribution in [0.3, 0.4) is 0 Å². The van der Waals surface area contributed by atoms with E-state index in [4.69, 9.17) is 0 Å². The van der Waals surface area contributed by atoms with Crippen LogP contribution in [0.1, 0.15) is 89.7 Å². The van der Waals surface area contributed by atoms with E-state index in [-0.39, 0.29) is 11.8 Å². The second-order valence-electron chi connectivity index (χ2n) is 10.6. The molecule has 0 aromatic heterocycles. The summed E-state index contributed by atoms with van der Waals surface area (Å²) in [7, 11) is 0. The fourth-order valence-corrected chi connectivity index (χ4v) is 5.83. The van der Waals surface area contributed by atoms with Gasteiger partial charge in [0.25, 0.3) is 0 Å². The van der Waals surface area contributed by atoms with Gasteiger partial charge in [0, 0.05) is 44.6 Å². The summed E-state index contributed by atoms with van der Waals surface area (Å²) in [5.74, 6) is -2.29. The summed E-state index contributed by atoms with van der Waals surface area (Å²) in [6.45, 7) is 13.8. The third kappa shape index (κ3) is 6.74. The van der Waals surface area contributed by atoms with E-state index in [0.717, 1.165) is 38.5 Å². The standard InChI is InChI=1S/C27H44F2N2/c1-5-7-14-26(3,6-2)25(23-12-10-11-22(18-23)19-27(4,28)29)21-30-16-17-31-15-9-8-13-24(31)20-30/h10-12,18,24-25H,5-9,13-17,19-21H2,1-4H3. The number of rotatable bonds is 10. The van der Waals surface area contributed by atoms with Crippen LogP contribution in [0.15, 0.2) is 24.3 Å². The Morgan fingerprint density at radius 1 is 1.10 bits per heavy atom. The molecular formula is C27H44F2N2. The molecule has 0 saturated carbocycles. The van der Waals surface area contributed by atoms with Gasteiger partial charge in [-0.3, -0.25) is 9.80 Å². The maximum absolute atomic E-state index is 13.7. The lowest BCUT2D eigenvalue weighted by molar-refractivity contribution is 0.0225. The lowest BCUT2D eigenvalue weighted by atomic mass is 9.68. The van der Waals surface area contributed by atoms with Gasteiger partial charge >= 0.3 is 0 Å². The van der Waals surface area contributed by atoms with Gasteiger partial charge in [-0.05, 0) is 49.3 Å². The zero-order chi connectivity index (χ0) is 22.5. The summed E-state index contributed by atoms with van der Waals surface area (Å²) in [6.07, 6.45) is 8.59. The summed E-state index contributed by atoms with van der Waals surface area (Å²) in [5.41, 5.74) is 2.21. The van der Waals surface area contributed by atoms with Crippen molar-refractivity contribution >= 4 is 0 Å². The third-order valence-electron chi connectivity index (χ3n) is 7.98. The molecular weight excluding hydrogens is 390 g/mol. The molecule has 31 heavy (non-hydrogen) atoms. The molecule has 3 unspecified atom stereocenters. The minimum atomic E-state index is -2.66. The number of piperidine rings is 1. The fraction of sp³-hybridized carbons (Fsp3) is 0.778. The molecule has 2 aliphatic heterocycles. The number of hydrogen-bond donors (Lipinski definition) is 0. The molecule has 1 aromatic carbocycles. The van der Waals surface area contributed by atoms with Crippen LogP contribution in [-0.2, 0) is 6.42 Å². The van der Waals surface area contributed by atoms with Crippen molar-refractivity contribution in [2.24, 2.45) is 5.41 Å². The zero-order valence-electron chi connectivity index (χ0n) is 20.3. The first-order valence-corrected chi connectivity index (χ1v) is 12.7. The molecule has 3 atom stereocenters. The number of halogens is 2. The van der Waals surface area contributed by atoms with Crippen LogP contribution in [0.5, 0.6) is 0 Å². The Kier molecular flexibility index (Phi) is 8.54. The Morgan fingerprint density at radius 2 is 1.90 bits per heavy atom. The Hall–Kier alpha value is -1.00. The van der Waals surface area contributed by atoms with E-state index in [1.165, 1.54) is 57.2 Å². The van der Waals surface area contributed by atoms with E-state index in [0.29, 0.717) is 12.0 Å². The van der Waals surface area contributed by atoms with E-state index in [2.05, 4.69) is 42.7 Å². The predicted molar refractivity (Wildman–Crippen MR) is 127 cm³/mol. The summed E-state index contributed by atoms with van der Waals surface area (Å²) < 4.78 is 27.5. The first kappa shape index (κ1) is 24.6. The molecule has 3 rings (SSSR count). The fourth-order valence-electron chi connectivity index (χ4n) is 5.83. The second kappa shape index (κ2) is 10.7. The number of nitrogens with zero attached hydrogens (tertiary/aromatic N) is 2. The summed E-state index contributed by atoms with van der Waals surface area (Å²) in [4.78, 5) is 5.37. The predicted octanol–water partition coefficient (Wildman–Crippen LogP) is 6.74. The largest absolute Gasteiger partial charge is 0.300 e. The highest BCUT2D eigenvalue weighted by Crippen LogP contribution is 2.44. The Bertz CT molecular complexity index is 686. The lowest BCUT2D eigenvalue weighted by Crippen LogP contribution is -2.55. The maximum atomic E-state index is 13.7. The van der Waals surface area contributed by atoms with E-state index >= 15 is 0 Å². The van der Waals surface area contributed by atoms with Crippen molar-refractivity contribution in [1.82, 2.24) is 9.80 Å². The van der Waals surface area contributed by atoms with Crippen LogP contribution in [-0.4, -0.2) is 54.5 Å². The Morgan fingerprint density at radius 3 is 2.61 bits per heavy atom. The molecule has 2 heterocycles. The molecule has 2 nitrogen and oxygen atoms in total. The Balaban J connectivity index is 1.84. The molecule has 0 aliphatic carbocycles. The van der Waals surface area contributed by atoms with Gasteiger partial charge in [-0.1, -0.05) is 70.7 Å². The van der Waals surface area contributed by atoms with Crippen molar-refractivity contribution in [3.8, 4) is 0 Å². The third-order valence-corrected chi connectivity index (χ3v) is 7.98. The minimum absolute atomic E-state index is 0.174. The van der Waals surface area contributed by atoms with E-state index in [1.807, 2.05) is 12.1 Å². The molecule has 1 aromatic rings. The number of piperazine rings is 1. The van der Waals surface area contributed by atoms with E-state index < -0.39 is 5.92 Å². The molecule has 4 heteroatoms. The molecule has 2 saturated heterocycles. The van der Waals surface area contributed by atoms with Gasteiger partial charge in [-0.25, -0.2) is 8.78 Å². The molecule has 0 amide bonds. The number of fused-ring (bicyclic) bond motifs is 1. The molecule has 0 radical (unpaired) electrons. The van der Waals surface area contributed by atoms with Crippen LogP contribution in [0.25, 0.3) is 0 Å². The molecule has 0 N–H and O–H groups in total. The Labute approximate surface area is 189 Å². The average molecular weight is 435 g/mol. The average Bonchev–Trinajstić information content (AvgIpc) is 2.74. The van der Waals surface area contributed by atoms with Crippen molar-refractivity contribution in [1.29, 1.82) is 0 Å². The number of unbranched alkanes of at least 4 members (excludes halogenated alkanes) is 1.